The highest BCUT2D eigenvalue weighted by Gasteiger charge is 2.37. The fourth-order valence-corrected chi connectivity index (χ4v) is 3.97. The maximum Gasteiger partial charge on any atom is 0.387 e. The fourth-order valence-electron chi connectivity index (χ4n) is 3.80. The van der Waals surface area contributed by atoms with Gasteiger partial charge >= 0.3 is 12.6 Å². The summed E-state index contributed by atoms with van der Waals surface area (Å²) in [5, 5.41) is 20.2. The Morgan fingerprint density at radius 3 is 2.86 bits per heavy atom. The number of hydrogen-bond acceptors (Lipinski definition) is 4. The number of nitrogens with zero attached hydrogens (tertiary/aromatic N) is 2. The van der Waals surface area contributed by atoms with Gasteiger partial charge in [-0.1, -0.05) is 23.7 Å². The Kier molecular flexibility index (Phi) is 4.68. The van der Waals surface area contributed by atoms with Crippen LogP contribution < -0.4 is 4.74 Å². The minimum absolute atomic E-state index is 0.123. The number of carboxylic acid groups (broad SMARTS) is 1. The highest BCUT2D eigenvalue weighted by molar-refractivity contribution is 6.31. The van der Waals surface area contributed by atoms with Crippen molar-refractivity contribution in [3.63, 3.8) is 0 Å². The van der Waals surface area contributed by atoms with Gasteiger partial charge in [0.05, 0.1) is 23.5 Å². The highest BCUT2D eigenvalue weighted by Crippen LogP contribution is 2.45. The fraction of sp³-hybridized carbons (Fsp3) is 0.263. The van der Waals surface area contributed by atoms with E-state index in [-0.39, 0.29) is 18.6 Å². The average Bonchev–Trinajstić information content (AvgIpc) is 3.12. The van der Waals surface area contributed by atoms with Gasteiger partial charge < -0.3 is 19.5 Å². The smallest absolute Gasteiger partial charge is 0.387 e. The lowest BCUT2D eigenvalue weighted by Crippen LogP contribution is -2.15. The van der Waals surface area contributed by atoms with Crippen LogP contribution in [0.1, 0.15) is 35.5 Å². The van der Waals surface area contributed by atoms with Gasteiger partial charge in [0.15, 0.2) is 0 Å². The number of carbonyl (C=O) groups is 1. The first-order valence-corrected chi connectivity index (χ1v) is 8.86. The zero-order chi connectivity index (χ0) is 20.0. The number of rotatable bonds is 5. The van der Waals surface area contributed by atoms with E-state index in [9.17, 15) is 23.8 Å². The van der Waals surface area contributed by atoms with E-state index in [0.717, 1.165) is 0 Å². The van der Waals surface area contributed by atoms with Crippen molar-refractivity contribution in [1.29, 1.82) is 0 Å². The average molecular weight is 409 g/mol. The first-order valence-electron chi connectivity index (χ1n) is 8.49. The highest BCUT2D eigenvalue weighted by atomic mass is 35.5. The maximum absolute atomic E-state index is 13.0. The van der Waals surface area contributed by atoms with E-state index < -0.39 is 24.7 Å². The SMILES string of the molecule is O=C(O)Cc1cccc(OC(F)F)c1[C@H]1C[C@H](O)c2nc3ccc(Cl)cc3n21. The number of aromatic nitrogens is 2. The van der Waals surface area contributed by atoms with Crippen molar-refractivity contribution >= 4 is 28.6 Å². The summed E-state index contributed by atoms with van der Waals surface area (Å²) < 4.78 is 32.3. The maximum atomic E-state index is 13.0. The second-order valence-electron chi connectivity index (χ2n) is 6.52. The first-order chi connectivity index (χ1) is 13.3. The second kappa shape index (κ2) is 7.03. The zero-order valence-corrected chi connectivity index (χ0v) is 15.1. The quantitative estimate of drug-likeness (QED) is 0.668. The number of aliphatic carboxylic acids is 1. The molecule has 0 bridgehead atoms. The van der Waals surface area contributed by atoms with Gasteiger partial charge in [0.2, 0.25) is 0 Å². The number of benzene rings is 2. The molecular formula is C19H15ClF2N2O4. The molecule has 1 aromatic heterocycles. The van der Waals surface area contributed by atoms with Crippen LogP contribution in [0.25, 0.3) is 11.0 Å². The van der Waals surface area contributed by atoms with E-state index in [2.05, 4.69) is 9.72 Å². The van der Waals surface area contributed by atoms with Crippen LogP contribution in [-0.4, -0.2) is 32.3 Å². The van der Waals surface area contributed by atoms with E-state index in [1.54, 1.807) is 28.8 Å². The van der Waals surface area contributed by atoms with E-state index in [4.69, 9.17) is 11.6 Å². The Labute approximate surface area is 162 Å². The number of aliphatic hydroxyl groups is 1. The van der Waals surface area contributed by atoms with Gasteiger partial charge in [0.25, 0.3) is 0 Å². The lowest BCUT2D eigenvalue weighted by Gasteiger charge is -2.22. The van der Waals surface area contributed by atoms with Crippen molar-refractivity contribution in [3.05, 3.63) is 58.4 Å². The minimum Gasteiger partial charge on any atom is -0.481 e. The largest absolute Gasteiger partial charge is 0.481 e. The van der Waals surface area contributed by atoms with Gasteiger partial charge in [-0.15, -0.1) is 0 Å². The third-order valence-corrected chi connectivity index (χ3v) is 5.02. The number of aliphatic hydroxyl groups excluding tert-OH is 1. The molecule has 0 saturated heterocycles. The molecule has 4 rings (SSSR count). The van der Waals surface area contributed by atoms with Gasteiger partial charge in [-0.25, -0.2) is 4.98 Å². The molecule has 1 aliphatic heterocycles. The van der Waals surface area contributed by atoms with Crippen LogP contribution in [0.5, 0.6) is 5.75 Å². The summed E-state index contributed by atoms with van der Waals surface area (Å²) in [4.78, 5) is 15.7. The summed E-state index contributed by atoms with van der Waals surface area (Å²) >= 11 is 6.10. The topological polar surface area (TPSA) is 84.6 Å². The van der Waals surface area contributed by atoms with E-state index in [0.29, 0.717) is 33.0 Å². The number of imidazole rings is 1. The predicted octanol–water partition coefficient (Wildman–Crippen LogP) is 3.94. The van der Waals surface area contributed by atoms with Crippen LogP contribution in [0.2, 0.25) is 5.02 Å². The predicted molar refractivity (Wildman–Crippen MR) is 96.9 cm³/mol. The molecule has 0 saturated carbocycles. The van der Waals surface area contributed by atoms with Crippen LogP contribution in [0.3, 0.4) is 0 Å². The zero-order valence-electron chi connectivity index (χ0n) is 14.3. The molecule has 0 fully saturated rings. The van der Waals surface area contributed by atoms with Gasteiger partial charge in [0, 0.05) is 17.0 Å². The lowest BCUT2D eigenvalue weighted by atomic mass is 9.94. The Balaban J connectivity index is 1.94. The summed E-state index contributed by atoms with van der Waals surface area (Å²) in [6.07, 6.45) is -1.15. The Bertz CT molecular complexity index is 1070. The Hall–Kier alpha value is -2.71. The van der Waals surface area contributed by atoms with Crippen molar-refractivity contribution in [3.8, 4) is 5.75 Å². The van der Waals surface area contributed by atoms with Crippen LogP contribution in [0.4, 0.5) is 8.78 Å². The molecule has 6 nitrogen and oxygen atoms in total. The second-order valence-corrected chi connectivity index (χ2v) is 6.95. The van der Waals surface area contributed by atoms with Gasteiger partial charge in [-0.05, 0) is 29.8 Å². The van der Waals surface area contributed by atoms with Crippen molar-refractivity contribution in [2.75, 3.05) is 0 Å². The Morgan fingerprint density at radius 2 is 2.14 bits per heavy atom. The molecule has 2 aromatic carbocycles. The van der Waals surface area contributed by atoms with Crippen molar-refractivity contribution in [2.24, 2.45) is 0 Å². The molecule has 28 heavy (non-hydrogen) atoms. The van der Waals surface area contributed by atoms with Crippen molar-refractivity contribution in [1.82, 2.24) is 9.55 Å². The normalized spacial score (nSPS) is 18.6. The van der Waals surface area contributed by atoms with Gasteiger partial charge in [-0.3, -0.25) is 4.79 Å². The molecule has 1 aliphatic rings. The van der Waals surface area contributed by atoms with Crippen LogP contribution >= 0.6 is 11.6 Å². The molecule has 0 unspecified atom stereocenters. The number of carboxylic acids is 1. The third kappa shape index (κ3) is 3.18. The molecule has 0 aliphatic carbocycles. The molecule has 146 valence electrons. The summed E-state index contributed by atoms with van der Waals surface area (Å²) in [5.41, 5.74) is 1.84. The van der Waals surface area contributed by atoms with E-state index in [1.807, 2.05) is 0 Å². The number of halogens is 3. The lowest BCUT2D eigenvalue weighted by molar-refractivity contribution is -0.136. The summed E-state index contributed by atoms with van der Waals surface area (Å²) in [7, 11) is 0. The van der Waals surface area contributed by atoms with Crippen LogP contribution in [0.15, 0.2) is 36.4 Å². The molecule has 0 radical (unpaired) electrons. The van der Waals surface area contributed by atoms with Gasteiger partial charge in [0.1, 0.15) is 17.7 Å². The summed E-state index contributed by atoms with van der Waals surface area (Å²) in [6, 6.07) is 8.80. The third-order valence-electron chi connectivity index (χ3n) is 4.78. The van der Waals surface area contributed by atoms with Crippen molar-refractivity contribution in [2.45, 2.75) is 31.6 Å². The molecule has 0 amide bonds. The van der Waals surface area contributed by atoms with Gasteiger partial charge in [-0.2, -0.15) is 8.78 Å². The van der Waals surface area contributed by atoms with E-state index in [1.165, 1.54) is 12.1 Å². The molecule has 3 aromatic rings. The number of ether oxygens (including phenoxy) is 1. The molecule has 2 N–H and O–H groups in total. The molecule has 0 spiro atoms. The Morgan fingerprint density at radius 1 is 1.36 bits per heavy atom. The monoisotopic (exact) mass is 408 g/mol. The molecule has 2 atom stereocenters. The van der Waals surface area contributed by atoms with Crippen molar-refractivity contribution < 1.29 is 28.5 Å². The van der Waals surface area contributed by atoms with Crippen LogP contribution in [0, 0.1) is 0 Å². The van der Waals surface area contributed by atoms with E-state index >= 15 is 0 Å². The molecule has 9 heteroatoms. The summed E-state index contributed by atoms with van der Waals surface area (Å²) in [6.45, 7) is -3.07. The standard InChI is InChI=1S/C19H15ClF2N2O4/c20-10-4-5-11-12(7-10)24-13(8-14(25)18(24)23-11)17-9(6-16(26)27)2-1-3-15(17)28-19(21)22/h1-5,7,13-14,19,25H,6,8H2,(H,26,27)/t13-,14+/m1/s1. The number of alkyl halides is 2. The molecular weight excluding hydrogens is 394 g/mol. The first kappa shape index (κ1) is 18.6. The number of fused-ring (bicyclic) bond motifs is 3. The minimum atomic E-state index is -3.07. The molecule has 2 heterocycles. The number of hydrogen-bond donors (Lipinski definition) is 2. The van der Waals surface area contributed by atoms with Crippen LogP contribution in [-0.2, 0) is 11.2 Å². The summed E-state index contributed by atoms with van der Waals surface area (Å²) in [5.74, 6) is -0.856.